The van der Waals surface area contributed by atoms with Crippen LogP contribution in [0.15, 0.2) is 0 Å². The predicted molar refractivity (Wildman–Crippen MR) is 90.2 cm³/mol. The van der Waals surface area contributed by atoms with Crippen molar-refractivity contribution >= 4 is 0 Å². The molecule has 0 bridgehead atoms. The van der Waals surface area contributed by atoms with E-state index in [1.807, 2.05) is 0 Å². The molecule has 4 atom stereocenters. The Balaban J connectivity index is 2.76. The molecule has 2 nitrogen and oxygen atoms in total. The molecule has 0 heterocycles. The summed E-state index contributed by atoms with van der Waals surface area (Å²) < 4.78 is 0. The van der Waals surface area contributed by atoms with Crippen molar-refractivity contribution in [2.75, 3.05) is 13.1 Å². The van der Waals surface area contributed by atoms with E-state index in [1.165, 1.54) is 38.6 Å². The highest BCUT2D eigenvalue weighted by Crippen LogP contribution is 2.33. The molecule has 0 amide bonds. The van der Waals surface area contributed by atoms with Gasteiger partial charge in [-0.1, -0.05) is 40.5 Å². The zero-order chi connectivity index (χ0) is 15.1. The third-order valence-electron chi connectivity index (χ3n) is 4.96. The molecule has 0 spiro atoms. The Morgan fingerprint density at radius 3 is 2.35 bits per heavy atom. The molecular formula is C18H38N2. The molecule has 0 saturated heterocycles. The van der Waals surface area contributed by atoms with Crippen LogP contribution in [0.4, 0.5) is 0 Å². The molecule has 0 aromatic carbocycles. The molecule has 1 rings (SSSR count). The molecule has 2 heteroatoms. The van der Waals surface area contributed by atoms with Crippen molar-refractivity contribution in [3.63, 3.8) is 0 Å². The van der Waals surface area contributed by atoms with Crippen molar-refractivity contribution in [2.45, 2.75) is 91.8 Å². The SMILES string of the molecule is CCCCCN(C(C)C)C1C(C)CC(C)CC1NCC. The van der Waals surface area contributed by atoms with Gasteiger partial charge in [0.1, 0.15) is 0 Å². The van der Waals surface area contributed by atoms with Gasteiger partial charge in [0.05, 0.1) is 0 Å². The van der Waals surface area contributed by atoms with Crippen molar-refractivity contribution in [3.8, 4) is 0 Å². The van der Waals surface area contributed by atoms with Crippen LogP contribution in [0.2, 0.25) is 0 Å². The van der Waals surface area contributed by atoms with Crippen LogP contribution in [0.25, 0.3) is 0 Å². The van der Waals surface area contributed by atoms with E-state index < -0.39 is 0 Å². The highest BCUT2D eigenvalue weighted by atomic mass is 15.2. The van der Waals surface area contributed by atoms with E-state index in [4.69, 9.17) is 0 Å². The molecule has 0 aromatic heterocycles. The number of nitrogens with zero attached hydrogens (tertiary/aromatic N) is 1. The summed E-state index contributed by atoms with van der Waals surface area (Å²) in [4.78, 5) is 2.79. The molecule has 1 aliphatic carbocycles. The van der Waals surface area contributed by atoms with E-state index in [0.717, 1.165) is 24.4 Å². The number of hydrogen-bond donors (Lipinski definition) is 1. The average molecular weight is 283 g/mol. The Bertz CT molecular complexity index is 252. The average Bonchev–Trinajstić information content (AvgIpc) is 2.36. The lowest BCUT2D eigenvalue weighted by Gasteiger charge is -2.48. The van der Waals surface area contributed by atoms with Crippen LogP contribution in [-0.2, 0) is 0 Å². The first-order valence-corrected chi connectivity index (χ1v) is 9.00. The van der Waals surface area contributed by atoms with Gasteiger partial charge in [-0.2, -0.15) is 0 Å². The summed E-state index contributed by atoms with van der Waals surface area (Å²) >= 11 is 0. The van der Waals surface area contributed by atoms with E-state index in [9.17, 15) is 0 Å². The van der Waals surface area contributed by atoms with Crippen LogP contribution in [0.3, 0.4) is 0 Å². The predicted octanol–water partition coefficient (Wildman–Crippen LogP) is 4.30. The van der Waals surface area contributed by atoms with Crippen molar-refractivity contribution in [2.24, 2.45) is 11.8 Å². The number of unbranched alkanes of at least 4 members (excludes halogenated alkanes) is 2. The fourth-order valence-corrected chi connectivity index (χ4v) is 4.16. The van der Waals surface area contributed by atoms with Gasteiger partial charge in [-0.3, -0.25) is 4.90 Å². The molecule has 120 valence electrons. The summed E-state index contributed by atoms with van der Waals surface area (Å²) in [5.41, 5.74) is 0. The second-order valence-corrected chi connectivity index (χ2v) is 7.25. The van der Waals surface area contributed by atoms with Crippen LogP contribution in [-0.4, -0.2) is 36.1 Å². The van der Waals surface area contributed by atoms with Crippen LogP contribution >= 0.6 is 0 Å². The maximum Gasteiger partial charge on any atom is 0.0277 e. The molecular weight excluding hydrogens is 244 g/mol. The third kappa shape index (κ3) is 5.04. The van der Waals surface area contributed by atoms with E-state index in [2.05, 4.69) is 51.8 Å². The molecule has 1 saturated carbocycles. The van der Waals surface area contributed by atoms with Crippen LogP contribution < -0.4 is 5.32 Å². The Hall–Kier alpha value is -0.0800. The van der Waals surface area contributed by atoms with Crippen molar-refractivity contribution in [1.29, 1.82) is 0 Å². The van der Waals surface area contributed by atoms with Gasteiger partial charge in [0.25, 0.3) is 0 Å². The molecule has 0 aliphatic heterocycles. The van der Waals surface area contributed by atoms with Gasteiger partial charge in [0.2, 0.25) is 0 Å². The largest absolute Gasteiger partial charge is 0.313 e. The minimum absolute atomic E-state index is 0.661. The van der Waals surface area contributed by atoms with Crippen LogP contribution in [0, 0.1) is 11.8 Å². The van der Waals surface area contributed by atoms with Gasteiger partial charge in [0.15, 0.2) is 0 Å². The summed E-state index contributed by atoms with van der Waals surface area (Å²) in [6, 6.07) is 2.07. The first kappa shape index (κ1) is 18.0. The van der Waals surface area contributed by atoms with Gasteiger partial charge >= 0.3 is 0 Å². The molecule has 0 radical (unpaired) electrons. The minimum Gasteiger partial charge on any atom is -0.313 e. The first-order valence-electron chi connectivity index (χ1n) is 9.00. The van der Waals surface area contributed by atoms with Gasteiger partial charge in [-0.05, 0) is 58.0 Å². The number of rotatable bonds is 8. The van der Waals surface area contributed by atoms with E-state index >= 15 is 0 Å². The Labute approximate surface area is 127 Å². The van der Waals surface area contributed by atoms with Crippen LogP contribution in [0.5, 0.6) is 0 Å². The number of hydrogen-bond acceptors (Lipinski definition) is 2. The molecule has 4 unspecified atom stereocenters. The van der Waals surface area contributed by atoms with Crippen molar-refractivity contribution in [3.05, 3.63) is 0 Å². The molecule has 1 aliphatic rings. The molecule has 0 aromatic rings. The lowest BCUT2D eigenvalue weighted by atomic mass is 9.75. The highest BCUT2D eigenvalue weighted by Gasteiger charge is 2.37. The number of likely N-dealkylation sites (N-methyl/N-ethyl adjacent to an activating group) is 1. The zero-order valence-electron chi connectivity index (χ0n) is 14.8. The van der Waals surface area contributed by atoms with Crippen LogP contribution in [0.1, 0.15) is 73.6 Å². The second-order valence-electron chi connectivity index (χ2n) is 7.25. The second kappa shape index (κ2) is 9.04. The summed E-state index contributed by atoms with van der Waals surface area (Å²) in [7, 11) is 0. The van der Waals surface area contributed by atoms with E-state index in [0.29, 0.717) is 12.1 Å². The standard InChI is InChI=1S/C18H38N2/c1-7-9-10-11-20(14(3)4)18-16(6)12-15(5)13-17(18)19-8-2/h14-19H,7-13H2,1-6H3. The van der Waals surface area contributed by atoms with Gasteiger partial charge in [0, 0.05) is 18.1 Å². The van der Waals surface area contributed by atoms with Gasteiger partial charge in [-0.25, -0.2) is 0 Å². The fraction of sp³-hybridized carbons (Fsp3) is 1.00. The molecule has 20 heavy (non-hydrogen) atoms. The van der Waals surface area contributed by atoms with Crippen molar-refractivity contribution in [1.82, 2.24) is 10.2 Å². The summed E-state index contributed by atoms with van der Waals surface area (Å²) in [6.45, 7) is 16.6. The third-order valence-corrected chi connectivity index (χ3v) is 4.96. The lowest BCUT2D eigenvalue weighted by molar-refractivity contribution is 0.0389. The maximum atomic E-state index is 3.78. The summed E-state index contributed by atoms with van der Waals surface area (Å²) in [5.74, 6) is 1.68. The Morgan fingerprint density at radius 1 is 1.10 bits per heavy atom. The highest BCUT2D eigenvalue weighted by molar-refractivity contribution is 4.94. The smallest absolute Gasteiger partial charge is 0.0277 e. The maximum absolute atomic E-state index is 3.78. The zero-order valence-corrected chi connectivity index (χ0v) is 14.8. The van der Waals surface area contributed by atoms with Gasteiger partial charge in [-0.15, -0.1) is 0 Å². The summed E-state index contributed by atoms with van der Waals surface area (Å²) in [5, 5.41) is 3.78. The molecule has 1 fully saturated rings. The minimum atomic E-state index is 0.661. The van der Waals surface area contributed by atoms with E-state index in [-0.39, 0.29) is 0 Å². The Morgan fingerprint density at radius 2 is 1.80 bits per heavy atom. The first-order chi connectivity index (χ1) is 9.51. The quantitative estimate of drug-likeness (QED) is 0.668. The molecule has 1 N–H and O–H groups in total. The normalized spacial score (nSPS) is 31.2. The topological polar surface area (TPSA) is 15.3 Å². The van der Waals surface area contributed by atoms with E-state index in [1.54, 1.807) is 0 Å². The lowest BCUT2D eigenvalue weighted by Crippen LogP contribution is -2.58. The fourth-order valence-electron chi connectivity index (χ4n) is 4.16. The monoisotopic (exact) mass is 282 g/mol. The summed E-state index contributed by atoms with van der Waals surface area (Å²) in [6.07, 6.45) is 6.78. The number of nitrogens with one attached hydrogen (secondary N) is 1. The van der Waals surface area contributed by atoms with Crippen molar-refractivity contribution < 1.29 is 0 Å². The van der Waals surface area contributed by atoms with Gasteiger partial charge < -0.3 is 5.32 Å². The Kier molecular flexibility index (Phi) is 8.13.